The van der Waals surface area contributed by atoms with Crippen LogP contribution < -0.4 is 4.74 Å². The summed E-state index contributed by atoms with van der Waals surface area (Å²) in [5.74, 6) is 5.04. The van der Waals surface area contributed by atoms with Crippen molar-refractivity contribution >= 4 is 11.9 Å². The van der Waals surface area contributed by atoms with Crippen LogP contribution in [0.1, 0.15) is 49.9 Å². The van der Waals surface area contributed by atoms with E-state index in [4.69, 9.17) is 18.9 Å². The van der Waals surface area contributed by atoms with Gasteiger partial charge in [0.2, 0.25) is 0 Å². The average Bonchev–Trinajstić information content (AvgIpc) is 2.87. The number of hydrogen-bond acceptors (Lipinski definition) is 9. The van der Waals surface area contributed by atoms with E-state index in [-0.39, 0.29) is 24.2 Å². The smallest absolute Gasteiger partial charge is 0.337 e. The van der Waals surface area contributed by atoms with Crippen molar-refractivity contribution in [1.29, 1.82) is 0 Å². The topological polar surface area (TPSA) is 132 Å². The van der Waals surface area contributed by atoms with Gasteiger partial charge in [0.1, 0.15) is 18.0 Å². The Morgan fingerprint density at radius 2 is 1.65 bits per heavy atom. The highest BCUT2D eigenvalue weighted by Gasteiger charge is 2.37. The highest BCUT2D eigenvalue weighted by molar-refractivity contribution is 5.96. The van der Waals surface area contributed by atoms with Crippen molar-refractivity contribution in [3.05, 3.63) is 64.2 Å². The standard InChI is InChI=1S/C25H26O9/c1-31-21-7-6-16(23-22(28)20(27)12-19(13-26)34-23)10-15(21)5-4-14-8-17(24(29)32-2)11-18(9-14)25(30)33-3/h6-11,19-20,22-23,26-28H,12-13H2,1-3H3/t19?,20?,22?,23-/m1/s1. The fraction of sp³-hybridized carbons (Fsp3) is 0.360. The van der Waals surface area contributed by atoms with Gasteiger partial charge >= 0.3 is 11.9 Å². The molecule has 1 saturated heterocycles. The van der Waals surface area contributed by atoms with Crippen LogP contribution in [0.4, 0.5) is 0 Å². The zero-order valence-electron chi connectivity index (χ0n) is 19.0. The molecule has 180 valence electrons. The van der Waals surface area contributed by atoms with Crippen molar-refractivity contribution in [2.45, 2.75) is 30.8 Å². The summed E-state index contributed by atoms with van der Waals surface area (Å²) in [5.41, 5.74) is 1.62. The lowest BCUT2D eigenvalue weighted by Gasteiger charge is -2.36. The number of carbonyl (C=O) groups excluding carboxylic acids is 2. The largest absolute Gasteiger partial charge is 0.495 e. The van der Waals surface area contributed by atoms with Crippen LogP contribution in [0, 0.1) is 11.8 Å². The van der Waals surface area contributed by atoms with Gasteiger partial charge in [-0.25, -0.2) is 9.59 Å². The van der Waals surface area contributed by atoms with E-state index in [1.165, 1.54) is 39.5 Å². The van der Waals surface area contributed by atoms with E-state index in [0.29, 0.717) is 22.4 Å². The van der Waals surface area contributed by atoms with Crippen molar-refractivity contribution in [2.75, 3.05) is 27.9 Å². The first-order valence-electron chi connectivity index (χ1n) is 10.4. The molecule has 2 aromatic carbocycles. The van der Waals surface area contributed by atoms with Gasteiger partial charge in [0, 0.05) is 12.0 Å². The summed E-state index contributed by atoms with van der Waals surface area (Å²) in [6.45, 7) is -0.290. The van der Waals surface area contributed by atoms with Crippen LogP contribution in [0.2, 0.25) is 0 Å². The fourth-order valence-electron chi connectivity index (χ4n) is 3.66. The van der Waals surface area contributed by atoms with E-state index >= 15 is 0 Å². The number of esters is 2. The quantitative estimate of drug-likeness (QED) is 0.436. The van der Waals surface area contributed by atoms with Crippen molar-refractivity contribution < 1.29 is 43.9 Å². The Bertz CT molecular complexity index is 1080. The summed E-state index contributed by atoms with van der Waals surface area (Å²) in [6.07, 6.45) is -3.60. The van der Waals surface area contributed by atoms with Crippen LogP contribution in [0.3, 0.4) is 0 Å². The minimum absolute atomic E-state index is 0.121. The summed E-state index contributed by atoms with van der Waals surface area (Å²) in [4.78, 5) is 24.0. The Kier molecular flexibility index (Phi) is 8.26. The molecule has 0 aromatic heterocycles. The molecule has 4 atom stereocenters. The van der Waals surface area contributed by atoms with E-state index in [9.17, 15) is 24.9 Å². The summed E-state index contributed by atoms with van der Waals surface area (Å²) >= 11 is 0. The molecule has 0 bridgehead atoms. The first kappa shape index (κ1) is 25.2. The van der Waals surface area contributed by atoms with Crippen LogP contribution in [-0.2, 0) is 14.2 Å². The van der Waals surface area contributed by atoms with Crippen molar-refractivity contribution in [1.82, 2.24) is 0 Å². The molecular weight excluding hydrogens is 444 g/mol. The Balaban J connectivity index is 2.02. The molecular formula is C25H26O9. The fourth-order valence-corrected chi connectivity index (χ4v) is 3.66. The van der Waals surface area contributed by atoms with Gasteiger partial charge in [0.15, 0.2) is 0 Å². The van der Waals surface area contributed by atoms with Crippen molar-refractivity contribution in [2.24, 2.45) is 0 Å². The van der Waals surface area contributed by atoms with Gasteiger partial charge in [-0.2, -0.15) is 0 Å². The van der Waals surface area contributed by atoms with Crippen LogP contribution in [-0.4, -0.2) is 73.5 Å². The second-order valence-corrected chi connectivity index (χ2v) is 7.65. The number of aliphatic hydroxyl groups is 3. The van der Waals surface area contributed by atoms with E-state index in [1.807, 2.05) is 0 Å². The summed E-state index contributed by atoms with van der Waals surface area (Å²) < 4.78 is 20.6. The highest BCUT2D eigenvalue weighted by Crippen LogP contribution is 2.34. The van der Waals surface area contributed by atoms with Gasteiger partial charge in [-0.15, -0.1) is 0 Å². The van der Waals surface area contributed by atoms with Gasteiger partial charge < -0.3 is 34.3 Å². The minimum Gasteiger partial charge on any atom is -0.495 e. The number of ether oxygens (including phenoxy) is 4. The lowest BCUT2D eigenvalue weighted by Crippen LogP contribution is -2.44. The van der Waals surface area contributed by atoms with Gasteiger partial charge in [0.05, 0.1) is 56.8 Å². The molecule has 1 fully saturated rings. The molecule has 1 aliphatic rings. The highest BCUT2D eigenvalue weighted by atomic mass is 16.5. The Morgan fingerprint density at radius 3 is 2.21 bits per heavy atom. The molecule has 0 amide bonds. The summed E-state index contributed by atoms with van der Waals surface area (Å²) in [5, 5.41) is 30.0. The molecule has 0 spiro atoms. The Morgan fingerprint density at radius 1 is 1.00 bits per heavy atom. The molecule has 3 rings (SSSR count). The molecule has 3 N–H and O–H groups in total. The van der Waals surface area contributed by atoms with E-state index in [2.05, 4.69) is 11.8 Å². The third-order valence-corrected chi connectivity index (χ3v) is 5.42. The molecule has 0 radical (unpaired) electrons. The van der Waals surface area contributed by atoms with Gasteiger partial charge in [-0.05, 0) is 35.9 Å². The number of methoxy groups -OCH3 is 3. The predicted octanol–water partition coefficient (Wildman–Crippen LogP) is 1.21. The number of hydrogen-bond donors (Lipinski definition) is 3. The predicted molar refractivity (Wildman–Crippen MR) is 119 cm³/mol. The van der Waals surface area contributed by atoms with Crippen molar-refractivity contribution in [3.63, 3.8) is 0 Å². The maximum absolute atomic E-state index is 12.0. The van der Waals surface area contributed by atoms with Crippen LogP contribution in [0.25, 0.3) is 0 Å². The molecule has 1 heterocycles. The summed E-state index contributed by atoms with van der Waals surface area (Å²) in [6, 6.07) is 9.30. The van der Waals surface area contributed by atoms with E-state index in [1.54, 1.807) is 18.2 Å². The van der Waals surface area contributed by atoms with Crippen LogP contribution in [0.15, 0.2) is 36.4 Å². The first-order valence-corrected chi connectivity index (χ1v) is 10.4. The molecule has 34 heavy (non-hydrogen) atoms. The average molecular weight is 470 g/mol. The monoisotopic (exact) mass is 470 g/mol. The third-order valence-electron chi connectivity index (χ3n) is 5.42. The second kappa shape index (κ2) is 11.1. The SMILES string of the molecule is COC(=O)c1cc(C#Cc2cc([C@H]3OC(CO)CC(O)C3O)ccc2OC)cc(C(=O)OC)c1. The Labute approximate surface area is 196 Å². The van der Waals surface area contributed by atoms with E-state index < -0.39 is 36.4 Å². The number of aliphatic hydroxyl groups excluding tert-OH is 3. The number of carbonyl (C=O) groups is 2. The van der Waals surface area contributed by atoms with Gasteiger partial charge in [-0.1, -0.05) is 17.9 Å². The molecule has 0 aliphatic carbocycles. The zero-order valence-corrected chi connectivity index (χ0v) is 19.0. The second-order valence-electron chi connectivity index (χ2n) is 7.65. The molecule has 3 unspecified atom stereocenters. The molecule has 1 aliphatic heterocycles. The maximum Gasteiger partial charge on any atom is 0.337 e. The minimum atomic E-state index is -1.18. The first-order chi connectivity index (χ1) is 16.3. The lowest BCUT2D eigenvalue weighted by atomic mass is 9.92. The molecule has 9 nitrogen and oxygen atoms in total. The van der Waals surface area contributed by atoms with E-state index in [0.717, 1.165) is 0 Å². The normalized spacial score (nSPS) is 21.7. The lowest BCUT2D eigenvalue weighted by molar-refractivity contribution is -0.179. The molecule has 2 aromatic rings. The third kappa shape index (κ3) is 5.55. The van der Waals surface area contributed by atoms with Crippen molar-refractivity contribution in [3.8, 4) is 17.6 Å². The van der Waals surface area contributed by atoms with Crippen LogP contribution in [0.5, 0.6) is 5.75 Å². The van der Waals surface area contributed by atoms with Gasteiger partial charge in [0.25, 0.3) is 0 Å². The van der Waals surface area contributed by atoms with Crippen LogP contribution >= 0.6 is 0 Å². The Hall–Kier alpha value is -3.42. The van der Waals surface area contributed by atoms with Gasteiger partial charge in [-0.3, -0.25) is 0 Å². The zero-order chi connectivity index (χ0) is 24.8. The molecule has 9 heteroatoms. The number of rotatable bonds is 5. The maximum atomic E-state index is 12.0. The molecule has 0 saturated carbocycles. The number of benzene rings is 2. The summed E-state index contributed by atoms with van der Waals surface area (Å²) in [7, 11) is 3.94.